The zero-order chi connectivity index (χ0) is 12.7. The van der Waals surface area contributed by atoms with Gasteiger partial charge in [-0.25, -0.2) is 0 Å². The van der Waals surface area contributed by atoms with Crippen LogP contribution < -0.4 is 10.1 Å². The van der Waals surface area contributed by atoms with E-state index >= 15 is 0 Å². The Bertz CT molecular complexity index is 346. The molecular formula is C13H19BrClNO. The molecule has 0 heterocycles. The number of benzene rings is 1. The van der Waals surface area contributed by atoms with Crippen molar-refractivity contribution in [1.29, 1.82) is 0 Å². The Labute approximate surface area is 117 Å². The molecule has 2 nitrogen and oxygen atoms in total. The molecule has 0 spiro atoms. The summed E-state index contributed by atoms with van der Waals surface area (Å²) in [6.45, 7) is 6.28. The maximum Gasteiger partial charge on any atom is 0.133 e. The van der Waals surface area contributed by atoms with Crippen molar-refractivity contribution in [3.8, 4) is 5.75 Å². The molecule has 0 aliphatic heterocycles. The summed E-state index contributed by atoms with van der Waals surface area (Å²) >= 11 is 9.32. The van der Waals surface area contributed by atoms with Crippen molar-refractivity contribution in [3.05, 3.63) is 27.7 Å². The van der Waals surface area contributed by atoms with Crippen LogP contribution in [-0.4, -0.2) is 19.2 Å². The van der Waals surface area contributed by atoms with E-state index in [1.54, 1.807) is 0 Å². The van der Waals surface area contributed by atoms with E-state index in [1.165, 1.54) is 0 Å². The van der Waals surface area contributed by atoms with Gasteiger partial charge in [-0.2, -0.15) is 0 Å². The highest BCUT2D eigenvalue weighted by Crippen LogP contribution is 2.29. The zero-order valence-electron chi connectivity index (χ0n) is 10.3. The summed E-state index contributed by atoms with van der Waals surface area (Å²) in [4.78, 5) is 0. The molecule has 0 amide bonds. The maximum atomic E-state index is 5.88. The lowest BCUT2D eigenvalue weighted by Gasteiger charge is -2.16. The number of nitrogens with one attached hydrogen (secondary N) is 1. The smallest absolute Gasteiger partial charge is 0.133 e. The number of hydrogen-bond donors (Lipinski definition) is 1. The van der Waals surface area contributed by atoms with Gasteiger partial charge in [0.1, 0.15) is 5.75 Å². The van der Waals surface area contributed by atoms with Crippen LogP contribution >= 0.6 is 27.5 Å². The van der Waals surface area contributed by atoms with Crippen LogP contribution in [0, 0.1) is 0 Å². The quantitative estimate of drug-likeness (QED) is 0.758. The Balaban J connectivity index is 2.37. The van der Waals surface area contributed by atoms with Gasteiger partial charge >= 0.3 is 0 Å². The largest absolute Gasteiger partial charge is 0.490 e. The number of hydrogen-bond acceptors (Lipinski definition) is 2. The Kier molecular flexibility index (Phi) is 6.93. The Morgan fingerprint density at radius 3 is 2.88 bits per heavy atom. The SMILES string of the molecule is CCNCCCC(C)Oc1ccc(Cl)cc1Br. The summed E-state index contributed by atoms with van der Waals surface area (Å²) in [5, 5.41) is 4.02. The third kappa shape index (κ3) is 5.75. The van der Waals surface area contributed by atoms with E-state index in [1.807, 2.05) is 18.2 Å². The summed E-state index contributed by atoms with van der Waals surface area (Å²) in [5.41, 5.74) is 0. The summed E-state index contributed by atoms with van der Waals surface area (Å²) in [7, 11) is 0. The predicted octanol–water partition coefficient (Wildman–Crippen LogP) is 4.26. The molecule has 1 N–H and O–H groups in total. The van der Waals surface area contributed by atoms with Crippen LogP contribution in [0.25, 0.3) is 0 Å². The molecule has 1 aromatic rings. The second-order valence-electron chi connectivity index (χ2n) is 4.00. The molecule has 96 valence electrons. The van der Waals surface area contributed by atoms with Crippen LogP contribution in [0.5, 0.6) is 5.75 Å². The minimum Gasteiger partial charge on any atom is -0.490 e. The lowest BCUT2D eigenvalue weighted by Crippen LogP contribution is -2.18. The van der Waals surface area contributed by atoms with Gasteiger partial charge < -0.3 is 10.1 Å². The number of halogens is 2. The Hall–Kier alpha value is -0.250. The molecule has 0 saturated carbocycles. The molecule has 1 unspecified atom stereocenters. The maximum absolute atomic E-state index is 5.88. The van der Waals surface area contributed by atoms with Crippen LogP contribution in [0.4, 0.5) is 0 Å². The van der Waals surface area contributed by atoms with Crippen molar-refractivity contribution in [3.63, 3.8) is 0 Å². The molecule has 0 aromatic heterocycles. The van der Waals surface area contributed by atoms with Crippen LogP contribution in [0.3, 0.4) is 0 Å². The van der Waals surface area contributed by atoms with E-state index in [-0.39, 0.29) is 6.10 Å². The van der Waals surface area contributed by atoms with Gasteiger partial charge in [0.05, 0.1) is 10.6 Å². The summed E-state index contributed by atoms with van der Waals surface area (Å²) in [6, 6.07) is 5.59. The Morgan fingerprint density at radius 2 is 2.24 bits per heavy atom. The Morgan fingerprint density at radius 1 is 1.47 bits per heavy atom. The normalized spacial score (nSPS) is 12.5. The van der Waals surface area contributed by atoms with E-state index < -0.39 is 0 Å². The first kappa shape index (κ1) is 14.8. The van der Waals surface area contributed by atoms with Crippen molar-refractivity contribution in [2.75, 3.05) is 13.1 Å². The van der Waals surface area contributed by atoms with Gasteiger partial charge in [0.25, 0.3) is 0 Å². The van der Waals surface area contributed by atoms with Crippen molar-refractivity contribution >= 4 is 27.5 Å². The first-order valence-corrected chi connectivity index (χ1v) is 7.13. The molecule has 0 bridgehead atoms. The van der Waals surface area contributed by atoms with E-state index in [4.69, 9.17) is 16.3 Å². The second-order valence-corrected chi connectivity index (χ2v) is 5.29. The zero-order valence-corrected chi connectivity index (χ0v) is 12.6. The minimum absolute atomic E-state index is 0.214. The van der Waals surface area contributed by atoms with Crippen LogP contribution in [0.15, 0.2) is 22.7 Å². The van der Waals surface area contributed by atoms with E-state index in [2.05, 4.69) is 35.1 Å². The van der Waals surface area contributed by atoms with E-state index in [0.29, 0.717) is 5.02 Å². The highest BCUT2D eigenvalue weighted by molar-refractivity contribution is 9.10. The van der Waals surface area contributed by atoms with Gasteiger partial charge in [-0.1, -0.05) is 18.5 Å². The molecule has 1 aromatic carbocycles. The van der Waals surface area contributed by atoms with Gasteiger partial charge in [-0.05, 0) is 67.0 Å². The molecule has 0 aliphatic carbocycles. The fourth-order valence-electron chi connectivity index (χ4n) is 1.54. The van der Waals surface area contributed by atoms with Crippen LogP contribution in [0.2, 0.25) is 5.02 Å². The standard InChI is InChI=1S/C13H19BrClNO/c1-3-16-8-4-5-10(2)17-13-7-6-11(15)9-12(13)14/h6-7,9-10,16H,3-5,8H2,1-2H3. The van der Waals surface area contributed by atoms with Gasteiger partial charge in [0.15, 0.2) is 0 Å². The molecule has 0 saturated heterocycles. The first-order chi connectivity index (χ1) is 8.13. The van der Waals surface area contributed by atoms with Crippen molar-refractivity contribution in [1.82, 2.24) is 5.32 Å². The number of ether oxygens (including phenoxy) is 1. The van der Waals surface area contributed by atoms with Gasteiger partial charge in [0, 0.05) is 5.02 Å². The van der Waals surface area contributed by atoms with Crippen LogP contribution in [0.1, 0.15) is 26.7 Å². The topological polar surface area (TPSA) is 21.3 Å². The molecule has 4 heteroatoms. The van der Waals surface area contributed by atoms with Crippen LogP contribution in [-0.2, 0) is 0 Å². The van der Waals surface area contributed by atoms with E-state index in [0.717, 1.165) is 36.2 Å². The average molecular weight is 321 g/mol. The number of rotatable bonds is 7. The van der Waals surface area contributed by atoms with Gasteiger partial charge in [-0.3, -0.25) is 0 Å². The monoisotopic (exact) mass is 319 g/mol. The minimum atomic E-state index is 0.214. The van der Waals surface area contributed by atoms with Gasteiger partial charge in [0.2, 0.25) is 0 Å². The fraction of sp³-hybridized carbons (Fsp3) is 0.538. The summed E-state index contributed by atoms with van der Waals surface area (Å²) < 4.78 is 6.75. The van der Waals surface area contributed by atoms with Crippen molar-refractivity contribution in [2.45, 2.75) is 32.8 Å². The van der Waals surface area contributed by atoms with Crippen molar-refractivity contribution < 1.29 is 4.74 Å². The lowest BCUT2D eigenvalue weighted by atomic mass is 10.2. The third-order valence-electron chi connectivity index (χ3n) is 2.44. The second kappa shape index (κ2) is 7.96. The summed E-state index contributed by atoms with van der Waals surface area (Å²) in [6.07, 6.45) is 2.38. The average Bonchev–Trinajstić information content (AvgIpc) is 2.28. The summed E-state index contributed by atoms with van der Waals surface area (Å²) in [5.74, 6) is 0.852. The molecular weight excluding hydrogens is 302 g/mol. The lowest BCUT2D eigenvalue weighted by molar-refractivity contribution is 0.206. The fourth-order valence-corrected chi connectivity index (χ4v) is 2.31. The molecule has 0 aliphatic rings. The molecule has 1 atom stereocenters. The van der Waals surface area contributed by atoms with Crippen molar-refractivity contribution in [2.24, 2.45) is 0 Å². The molecule has 0 fully saturated rings. The highest BCUT2D eigenvalue weighted by atomic mass is 79.9. The molecule has 17 heavy (non-hydrogen) atoms. The first-order valence-electron chi connectivity index (χ1n) is 5.96. The molecule has 1 rings (SSSR count). The predicted molar refractivity (Wildman–Crippen MR) is 77.0 cm³/mol. The van der Waals surface area contributed by atoms with Gasteiger partial charge in [-0.15, -0.1) is 0 Å². The van der Waals surface area contributed by atoms with E-state index in [9.17, 15) is 0 Å². The highest BCUT2D eigenvalue weighted by Gasteiger charge is 2.07. The third-order valence-corrected chi connectivity index (χ3v) is 3.29. The molecule has 0 radical (unpaired) electrons.